The highest BCUT2D eigenvalue weighted by Gasteiger charge is 2.10. The van der Waals surface area contributed by atoms with Gasteiger partial charge in [-0.3, -0.25) is 4.79 Å². The molecule has 0 radical (unpaired) electrons. The first kappa shape index (κ1) is 21.5. The summed E-state index contributed by atoms with van der Waals surface area (Å²) in [7, 11) is 3.99. The van der Waals surface area contributed by atoms with E-state index in [4.69, 9.17) is 4.74 Å². The number of nitrogens with zero attached hydrogens (tertiary/aromatic N) is 1. The van der Waals surface area contributed by atoms with E-state index in [0.717, 1.165) is 16.7 Å². The molecule has 0 aromatic heterocycles. The maximum atomic E-state index is 13.6. The lowest BCUT2D eigenvalue weighted by Crippen LogP contribution is -2.31. The van der Waals surface area contributed by atoms with Crippen LogP contribution in [0.5, 0.6) is 5.75 Å². The van der Waals surface area contributed by atoms with Crippen LogP contribution in [-0.4, -0.2) is 38.1 Å². The highest BCUT2D eigenvalue weighted by molar-refractivity contribution is 5.77. The standard InChI is InChI=1S/C25H27FN2O2/c1-28(2)17-22-16-21(19-8-4-3-5-9-19)12-13-24(22)30-18-25(29)27-15-14-20-10-6-7-11-23(20)26/h3-13,16H,14-15,17-18H2,1-2H3,(H,27,29). The van der Waals surface area contributed by atoms with Gasteiger partial charge in [0.1, 0.15) is 11.6 Å². The lowest BCUT2D eigenvalue weighted by atomic mass is 10.0. The van der Waals surface area contributed by atoms with Crippen molar-refractivity contribution >= 4 is 5.91 Å². The van der Waals surface area contributed by atoms with E-state index in [9.17, 15) is 9.18 Å². The Balaban J connectivity index is 1.59. The van der Waals surface area contributed by atoms with Gasteiger partial charge in [-0.1, -0.05) is 54.6 Å². The first-order chi connectivity index (χ1) is 14.5. The van der Waals surface area contributed by atoms with Crippen molar-refractivity contribution in [2.24, 2.45) is 0 Å². The van der Waals surface area contributed by atoms with E-state index in [0.29, 0.717) is 30.8 Å². The average molecular weight is 407 g/mol. The average Bonchev–Trinajstić information content (AvgIpc) is 2.74. The molecule has 0 saturated heterocycles. The molecule has 0 aliphatic carbocycles. The van der Waals surface area contributed by atoms with Gasteiger partial charge in [-0.25, -0.2) is 4.39 Å². The van der Waals surface area contributed by atoms with Gasteiger partial charge in [0.2, 0.25) is 0 Å². The number of amides is 1. The molecule has 0 atom stereocenters. The number of rotatable bonds is 9. The lowest BCUT2D eigenvalue weighted by Gasteiger charge is -2.16. The minimum atomic E-state index is -0.255. The molecule has 0 unspecified atom stereocenters. The first-order valence-corrected chi connectivity index (χ1v) is 9.99. The monoisotopic (exact) mass is 406 g/mol. The number of hydrogen-bond donors (Lipinski definition) is 1. The van der Waals surface area contributed by atoms with Gasteiger partial charge in [0, 0.05) is 18.7 Å². The van der Waals surface area contributed by atoms with E-state index >= 15 is 0 Å². The molecule has 156 valence electrons. The molecule has 1 N–H and O–H groups in total. The molecule has 0 saturated carbocycles. The second-order valence-corrected chi connectivity index (χ2v) is 7.41. The molecule has 3 aromatic carbocycles. The van der Waals surface area contributed by atoms with Crippen LogP contribution in [0.15, 0.2) is 72.8 Å². The normalized spacial score (nSPS) is 10.8. The summed E-state index contributed by atoms with van der Waals surface area (Å²) in [6.07, 6.45) is 0.441. The maximum absolute atomic E-state index is 13.6. The maximum Gasteiger partial charge on any atom is 0.257 e. The molecule has 0 spiro atoms. The van der Waals surface area contributed by atoms with Gasteiger partial charge >= 0.3 is 0 Å². The van der Waals surface area contributed by atoms with Gasteiger partial charge in [-0.15, -0.1) is 0 Å². The zero-order valence-electron chi connectivity index (χ0n) is 17.4. The molecular formula is C25H27FN2O2. The van der Waals surface area contributed by atoms with E-state index in [-0.39, 0.29) is 18.3 Å². The summed E-state index contributed by atoms with van der Waals surface area (Å²) in [6.45, 7) is 0.980. The Hall–Kier alpha value is -3.18. The zero-order chi connectivity index (χ0) is 21.3. The lowest BCUT2D eigenvalue weighted by molar-refractivity contribution is -0.123. The number of carbonyl (C=O) groups excluding carboxylic acids is 1. The van der Waals surface area contributed by atoms with Crippen LogP contribution in [0.1, 0.15) is 11.1 Å². The summed E-state index contributed by atoms with van der Waals surface area (Å²) in [4.78, 5) is 14.2. The fourth-order valence-electron chi connectivity index (χ4n) is 3.23. The van der Waals surface area contributed by atoms with Gasteiger partial charge in [0.15, 0.2) is 6.61 Å². The summed E-state index contributed by atoms with van der Waals surface area (Å²) in [5.41, 5.74) is 3.84. The molecular weight excluding hydrogens is 379 g/mol. The Morgan fingerprint density at radius 2 is 1.67 bits per heavy atom. The second-order valence-electron chi connectivity index (χ2n) is 7.41. The van der Waals surface area contributed by atoms with Crippen LogP contribution in [0.25, 0.3) is 11.1 Å². The smallest absolute Gasteiger partial charge is 0.257 e. The van der Waals surface area contributed by atoms with Crippen molar-refractivity contribution in [3.05, 3.63) is 89.7 Å². The molecule has 0 aliphatic heterocycles. The fraction of sp³-hybridized carbons (Fsp3) is 0.240. The van der Waals surface area contributed by atoms with E-state index in [1.807, 2.05) is 44.4 Å². The predicted octanol–water partition coefficient (Wildman–Crippen LogP) is 4.29. The molecule has 0 bridgehead atoms. The highest BCUT2D eigenvalue weighted by Crippen LogP contribution is 2.27. The van der Waals surface area contributed by atoms with Crippen LogP contribution in [0.4, 0.5) is 4.39 Å². The summed E-state index contributed by atoms with van der Waals surface area (Å²) >= 11 is 0. The van der Waals surface area contributed by atoms with Gasteiger partial charge in [-0.2, -0.15) is 0 Å². The summed E-state index contributed by atoms with van der Waals surface area (Å²) < 4.78 is 19.5. The van der Waals surface area contributed by atoms with Crippen molar-refractivity contribution < 1.29 is 13.9 Å². The fourth-order valence-corrected chi connectivity index (χ4v) is 3.23. The highest BCUT2D eigenvalue weighted by atomic mass is 19.1. The third-order valence-electron chi connectivity index (χ3n) is 4.69. The van der Waals surface area contributed by atoms with E-state index in [1.54, 1.807) is 18.2 Å². The number of ether oxygens (including phenoxy) is 1. The van der Waals surface area contributed by atoms with Crippen molar-refractivity contribution in [1.82, 2.24) is 10.2 Å². The van der Waals surface area contributed by atoms with Gasteiger partial charge in [0.25, 0.3) is 5.91 Å². The summed E-state index contributed by atoms with van der Waals surface area (Å²) in [5, 5.41) is 2.79. The molecule has 30 heavy (non-hydrogen) atoms. The van der Waals surface area contributed by atoms with Crippen molar-refractivity contribution in [3.8, 4) is 16.9 Å². The Morgan fingerprint density at radius 1 is 0.933 bits per heavy atom. The molecule has 1 amide bonds. The largest absolute Gasteiger partial charge is 0.483 e. The Labute approximate surface area is 177 Å². The SMILES string of the molecule is CN(C)Cc1cc(-c2ccccc2)ccc1OCC(=O)NCCc1ccccc1F. The summed E-state index contributed by atoms with van der Waals surface area (Å²) in [5.74, 6) is 0.205. The predicted molar refractivity (Wildman–Crippen MR) is 118 cm³/mol. The number of benzene rings is 3. The third kappa shape index (κ3) is 6.16. The second kappa shape index (κ2) is 10.6. The number of nitrogens with one attached hydrogen (secondary N) is 1. The number of hydrogen-bond acceptors (Lipinski definition) is 3. The van der Waals surface area contributed by atoms with E-state index in [2.05, 4.69) is 28.4 Å². The molecule has 0 fully saturated rings. The molecule has 4 nitrogen and oxygen atoms in total. The molecule has 0 heterocycles. The minimum absolute atomic E-state index is 0.0810. The van der Waals surface area contributed by atoms with Crippen molar-refractivity contribution in [3.63, 3.8) is 0 Å². The molecule has 0 aliphatic rings. The quantitative estimate of drug-likeness (QED) is 0.576. The minimum Gasteiger partial charge on any atom is -0.483 e. The molecule has 3 rings (SSSR count). The van der Waals surface area contributed by atoms with E-state index < -0.39 is 0 Å². The topological polar surface area (TPSA) is 41.6 Å². The van der Waals surface area contributed by atoms with Crippen LogP contribution in [0.3, 0.4) is 0 Å². The third-order valence-corrected chi connectivity index (χ3v) is 4.69. The Bertz CT molecular complexity index is 974. The Kier molecular flexibility index (Phi) is 7.57. The number of halogens is 1. The van der Waals surface area contributed by atoms with Gasteiger partial charge in [-0.05, 0) is 55.4 Å². The van der Waals surface area contributed by atoms with Crippen molar-refractivity contribution in [2.45, 2.75) is 13.0 Å². The molecule has 3 aromatic rings. The van der Waals surface area contributed by atoms with Crippen LogP contribution in [-0.2, 0) is 17.8 Å². The van der Waals surface area contributed by atoms with E-state index in [1.165, 1.54) is 6.07 Å². The van der Waals surface area contributed by atoms with Crippen LogP contribution in [0.2, 0.25) is 0 Å². The molecule has 5 heteroatoms. The summed E-state index contributed by atoms with van der Waals surface area (Å²) in [6, 6.07) is 22.7. The first-order valence-electron chi connectivity index (χ1n) is 9.99. The number of carbonyl (C=O) groups is 1. The van der Waals surface area contributed by atoms with Crippen LogP contribution >= 0.6 is 0 Å². The van der Waals surface area contributed by atoms with Crippen molar-refractivity contribution in [1.29, 1.82) is 0 Å². The van der Waals surface area contributed by atoms with Crippen molar-refractivity contribution in [2.75, 3.05) is 27.2 Å². The van der Waals surface area contributed by atoms with Gasteiger partial charge in [0.05, 0.1) is 0 Å². The zero-order valence-corrected chi connectivity index (χ0v) is 17.4. The van der Waals surface area contributed by atoms with Gasteiger partial charge < -0.3 is 15.0 Å². The van der Waals surface area contributed by atoms with Crippen LogP contribution in [0, 0.1) is 5.82 Å². The van der Waals surface area contributed by atoms with Crippen LogP contribution < -0.4 is 10.1 Å². The Morgan fingerprint density at radius 3 is 2.40 bits per heavy atom.